The van der Waals surface area contributed by atoms with Crippen LogP contribution in [0.5, 0.6) is 11.5 Å². The van der Waals surface area contributed by atoms with E-state index in [2.05, 4.69) is 41.5 Å². The van der Waals surface area contributed by atoms with Crippen LogP contribution < -0.4 is 14.1 Å². The van der Waals surface area contributed by atoms with Gasteiger partial charge in [0.25, 0.3) is 8.32 Å². The molecular weight excluding hydrogens is 464 g/mol. The van der Waals surface area contributed by atoms with Crippen molar-refractivity contribution in [3.8, 4) is 11.5 Å². The highest BCUT2D eigenvalue weighted by Crippen LogP contribution is 2.45. The zero-order chi connectivity index (χ0) is 26.5. The van der Waals surface area contributed by atoms with E-state index in [1.165, 1.54) is 18.1 Å². The molecular formula is C26H40N2O6Si. The molecule has 1 aromatic rings. The molecule has 1 unspecified atom stereocenters. The van der Waals surface area contributed by atoms with Crippen LogP contribution in [0.25, 0.3) is 0 Å². The number of imide groups is 1. The van der Waals surface area contributed by atoms with Crippen molar-refractivity contribution in [3.63, 3.8) is 0 Å². The molecule has 0 aliphatic carbocycles. The first kappa shape index (κ1) is 28.5. The van der Waals surface area contributed by atoms with Crippen molar-refractivity contribution >= 4 is 26.1 Å². The zero-order valence-electron chi connectivity index (χ0n) is 22.1. The zero-order valence-corrected chi connectivity index (χ0v) is 23.1. The van der Waals surface area contributed by atoms with E-state index in [4.69, 9.17) is 9.16 Å². The van der Waals surface area contributed by atoms with Gasteiger partial charge in [0.15, 0.2) is 5.75 Å². The van der Waals surface area contributed by atoms with Crippen LogP contribution in [0.1, 0.15) is 54.9 Å². The normalized spacial score (nSPS) is 16.4. The number of aliphatic hydroxyl groups is 1. The standard InChI is InChI=1S/C26H40N2O6Si/c1-9-10-20-13-22(16-29)27(15-20)25(30)28(26(31)32)21-11-12-23(33-8)24(14-21)34-35(17(2)3,18(4)5)19(6)7/h9-12,14-15,17-19,22,29H,13,16H2,1-8H3,(H,31,32). The summed E-state index contributed by atoms with van der Waals surface area (Å²) in [6, 6.07) is 3.43. The van der Waals surface area contributed by atoms with Gasteiger partial charge in [0.1, 0.15) is 5.75 Å². The average molecular weight is 505 g/mol. The lowest BCUT2D eigenvalue weighted by atomic mass is 10.1. The number of carboxylic acid groups (broad SMARTS) is 1. The highest BCUT2D eigenvalue weighted by atomic mass is 28.4. The number of aliphatic hydroxyl groups excluding tert-OH is 1. The number of rotatable bonds is 9. The maximum atomic E-state index is 13.4. The van der Waals surface area contributed by atoms with Crippen LogP contribution in [0.15, 0.2) is 42.1 Å². The Bertz CT molecular complexity index is 951. The molecule has 35 heavy (non-hydrogen) atoms. The largest absolute Gasteiger partial charge is 0.540 e. The van der Waals surface area contributed by atoms with Crippen LogP contribution in [0, 0.1) is 0 Å². The fourth-order valence-electron chi connectivity index (χ4n) is 5.24. The monoisotopic (exact) mass is 504 g/mol. The van der Waals surface area contributed by atoms with E-state index in [1.54, 1.807) is 18.3 Å². The maximum Gasteiger partial charge on any atom is 0.420 e. The van der Waals surface area contributed by atoms with Gasteiger partial charge in [-0.3, -0.25) is 4.90 Å². The number of urea groups is 1. The van der Waals surface area contributed by atoms with Gasteiger partial charge < -0.3 is 19.4 Å². The molecule has 0 saturated heterocycles. The van der Waals surface area contributed by atoms with Crippen molar-refractivity contribution in [1.29, 1.82) is 0 Å². The number of carbonyl (C=O) groups excluding carboxylic acids is 1. The Kier molecular flexibility index (Phi) is 9.57. The minimum absolute atomic E-state index is 0.155. The lowest BCUT2D eigenvalue weighted by Gasteiger charge is -2.42. The third kappa shape index (κ3) is 5.73. The molecule has 1 heterocycles. The summed E-state index contributed by atoms with van der Waals surface area (Å²) < 4.78 is 12.3. The number of nitrogens with zero attached hydrogens (tertiary/aromatic N) is 2. The Hall–Kier alpha value is -2.78. The van der Waals surface area contributed by atoms with Crippen LogP contribution >= 0.6 is 0 Å². The number of methoxy groups -OCH3 is 1. The van der Waals surface area contributed by atoms with E-state index in [0.29, 0.717) is 22.8 Å². The Labute approximate surface area is 210 Å². The molecule has 3 amide bonds. The first-order chi connectivity index (χ1) is 16.4. The van der Waals surface area contributed by atoms with Gasteiger partial charge in [-0.05, 0) is 47.7 Å². The van der Waals surface area contributed by atoms with Crippen molar-refractivity contribution in [2.45, 2.75) is 77.6 Å². The van der Waals surface area contributed by atoms with Crippen molar-refractivity contribution in [2.75, 3.05) is 18.6 Å². The van der Waals surface area contributed by atoms with Crippen LogP contribution in [-0.4, -0.2) is 55.3 Å². The summed E-state index contributed by atoms with van der Waals surface area (Å²) >= 11 is 0. The number of hydrogen-bond acceptors (Lipinski definition) is 5. The predicted octanol–water partition coefficient (Wildman–Crippen LogP) is 6.38. The molecule has 0 aromatic heterocycles. The van der Waals surface area contributed by atoms with E-state index in [-0.39, 0.29) is 28.9 Å². The van der Waals surface area contributed by atoms with Crippen molar-refractivity contribution in [3.05, 3.63) is 42.1 Å². The second-order valence-corrected chi connectivity index (χ2v) is 15.2. The van der Waals surface area contributed by atoms with Gasteiger partial charge in [-0.2, -0.15) is 4.90 Å². The molecule has 0 spiro atoms. The molecule has 8 nitrogen and oxygen atoms in total. The van der Waals surface area contributed by atoms with Crippen molar-refractivity contribution < 1.29 is 29.0 Å². The molecule has 0 bridgehead atoms. The summed E-state index contributed by atoms with van der Waals surface area (Å²) in [6.07, 6.45) is 4.30. The van der Waals surface area contributed by atoms with Crippen molar-refractivity contribution in [2.24, 2.45) is 0 Å². The number of amides is 3. The van der Waals surface area contributed by atoms with Crippen LogP contribution in [-0.2, 0) is 0 Å². The van der Waals surface area contributed by atoms with E-state index >= 15 is 0 Å². The summed E-state index contributed by atoms with van der Waals surface area (Å²) in [5.74, 6) is 0.909. The van der Waals surface area contributed by atoms with E-state index in [1.807, 2.05) is 19.1 Å². The maximum absolute atomic E-state index is 13.4. The van der Waals surface area contributed by atoms with E-state index in [9.17, 15) is 19.8 Å². The fourth-order valence-corrected chi connectivity index (χ4v) is 10.5. The molecule has 9 heteroatoms. The Morgan fingerprint density at radius 3 is 2.20 bits per heavy atom. The van der Waals surface area contributed by atoms with Crippen LogP contribution in [0.3, 0.4) is 0 Å². The second-order valence-electron chi connectivity index (χ2n) is 9.81. The summed E-state index contributed by atoms with van der Waals surface area (Å²) in [5, 5.41) is 19.8. The second kappa shape index (κ2) is 11.8. The quantitative estimate of drug-likeness (QED) is 0.379. The van der Waals surface area contributed by atoms with Gasteiger partial charge in [-0.15, -0.1) is 0 Å². The van der Waals surface area contributed by atoms with Crippen molar-refractivity contribution in [1.82, 2.24) is 4.90 Å². The van der Waals surface area contributed by atoms with E-state index in [0.717, 1.165) is 5.57 Å². The molecule has 1 atom stereocenters. The highest BCUT2D eigenvalue weighted by Gasteiger charge is 2.47. The number of ether oxygens (including phenoxy) is 1. The Morgan fingerprint density at radius 2 is 1.74 bits per heavy atom. The minimum atomic E-state index is -2.38. The SMILES string of the molecule is CC=CC1=CN(C(=O)N(C(=O)O)c2ccc(OC)c(O[Si](C(C)C)(C(C)C)C(C)C)c2)C(CO)C1. The molecule has 2 rings (SSSR count). The third-order valence-corrected chi connectivity index (χ3v) is 12.8. The third-order valence-electron chi connectivity index (χ3n) is 6.76. The first-order valence-corrected chi connectivity index (χ1v) is 14.2. The molecule has 1 aliphatic heterocycles. The summed E-state index contributed by atoms with van der Waals surface area (Å²) in [7, 11) is -0.844. The van der Waals surface area contributed by atoms with Crippen LogP contribution in [0.4, 0.5) is 15.3 Å². The van der Waals surface area contributed by atoms with Gasteiger partial charge in [0.05, 0.1) is 25.4 Å². The number of carbonyl (C=O) groups is 2. The van der Waals surface area contributed by atoms with Gasteiger partial charge in [0.2, 0.25) is 0 Å². The topological polar surface area (TPSA) is 99.5 Å². The molecule has 2 N–H and O–H groups in total. The van der Waals surface area contributed by atoms with Crippen LogP contribution in [0.2, 0.25) is 16.6 Å². The molecule has 0 saturated carbocycles. The average Bonchev–Trinajstić information content (AvgIpc) is 3.20. The smallest absolute Gasteiger partial charge is 0.420 e. The minimum Gasteiger partial charge on any atom is -0.540 e. The number of benzene rings is 1. The molecule has 0 radical (unpaired) electrons. The van der Waals surface area contributed by atoms with E-state index < -0.39 is 26.5 Å². The molecule has 1 aliphatic rings. The number of allylic oxidation sites excluding steroid dienone is 2. The van der Waals surface area contributed by atoms with Gasteiger partial charge >= 0.3 is 12.1 Å². The predicted molar refractivity (Wildman–Crippen MR) is 141 cm³/mol. The van der Waals surface area contributed by atoms with Gasteiger partial charge in [0, 0.05) is 12.3 Å². The van der Waals surface area contributed by atoms with Gasteiger partial charge in [-0.1, -0.05) is 53.7 Å². The lowest BCUT2D eigenvalue weighted by molar-refractivity contribution is 0.168. The van der Waals surface area contributed by atoms with Gasteiger partial charge in [-0.25, -0.2) is 9.59 Å². The number of anilines is 1. The summed E-state index contributed by atoms with van der Waals surface area (Å²) in [5.41, 5.74) is 1.86. The highest BCUT2D eigenvalue weighted by molar-refractivity contribution is 6.78. The summed E-state index contributed by atoms with van der Waals surface area (Å²) in [4.78, 5) is 27.7. The Morgan fingerprint density at radius 1 is 1.14 bits per heavy atom. The fraction of sp³-hybridized carbons (Fsp3) is 0.538. The number of hydrogen-bond donors (Lipinski definition) is 2. The summed E-state index contributed by atoms with van der Waals surface area (Å²) in [6.45, 7) is 14.5. The molecule has 0 fully saturated rings. The lowest BCUT2D eigenvalue weighted by Crippen LogP contribution is -2.51. The molecule has 194 valence electrons. The first-order valence-electron chi connectivity index (χ1n) is 12.1. The Balaban J connectivity index is 2.57. The molecule has 1 aromatic carbocycles.